The van der Waals surface area contributed by atoms with E-state index in [0.717, 1.165) is 17.7 Å². The number of carbonyl (C=O) groups is 1. The van der Waals surface area contributed by atoms with Crippen LogP contribution in [0.3, 0.4) is 0 Å². The summed E-state index contributed by atoms with van der Waals surface area (Å²) in [6.45, 7) is 2.68. The molecule has 0 bridgehead atoms. The van der Waals surface area contributed by atoms with Crippen LogP contribution >= 0.6 is 0 Å². The lowest BCUT2D eigenvalue weighted by atomic mass is 9.12. The summed E-state index contributed by atoms with van der Waals surface area (Å²) in [5.41, 5.74) is -12.4. The van der Waals surface area contributed by atoms with Crippen molar-refractivity contribution in [1.82, 2.24) is 4.98 Å². The third kappa shape index (κ3) is 13.0. The maximum Gasteiger partial charge on any atom is 0.227 e. The molecule has 78 heavy (non-hydrogen) atoms. The van der Waals surface area contributed by atoms with Gasteiger partial charge in [-0.3, -0.25) is 9.78 Å². The van der Waals surface area contributed by atoms with E-state index in [0.29, 0.717) is 6.54 Å². The number of Topliss-reactive ketones (excluding diaryl/α,β-unsaturated/α-hetero) is 1. The highest BCUT2D eigenvalue weighted by atomic mass is 19.2. The molecular weight excluding hydrogens is 1080 g/mol. The number of aryl methyl sites for hydroxylation is 1. The minimum atomic E-state index is -7.22. The van der Waals surface area contributed by atoms with Gasteiger partial charge in [0.05, 0.1) is 12.4 Å². The van der Waals surface area contributed by atoms with Gasteiger partial charge in [-0.05, 0) is 6.42 Å². The van der Waals surface area contributed by atoms with Crippen molar-refractivity contribution in [1.29, 1.82) is 0 Å². The highest BCUT2D eigenvalue weighted by Gasteiger charge is 2.52. The molecule has 0 amide bonds. The molecule has 0 atom stereocenters. The van der Waals surface area contributed by atoms with Crippen LogP contribution in [-0.2, 0) is 13.0 Å². The maximum absolute atomic E-state index is 15.4. The summed E-state index contributed by atoms with van der Waals surface area (Å²) in [6, 6.07) is 9.56. The SMILES string of the molecule is CCCCCCCCCCCCCCCCCCc1cncc[n+]1CC(=O)c1ccccc1.Fc1c(F)c(F)c([B-](c2c(F)c(F)c(F)c(F)c2F)(c2c(F)c(F)c(F)c(F)c2F)c2c(F)c(F)c(F)c(F)c2F)c(F)c1F. The van der Waals surface area contributed by atoms with Gasteiger partial charge >= 0.3 is 0 Å². The molecule has 0 unspecified atom stereocenters. The Balaban J connectivity index is 0.000000302. The second-order valence-corrected chi connectivity index (χ2v) is 18.3. The van der Waals surface area contributed by atoms with Crippen molar-refractivity contribution < 1.29 is 97.2 Å². The lowest BCUT2D eigenvalue weighted by Crippen LogP contribution is -2.81. The first-order valence-corrected chi connectivity index (χ1v) is 24.6. The molecule has 0 aliphatic heterocycles. The summed E-state index contributed by atoms with van der Waals surface area (Å²) in [6.07, 6.45) is 21.6. The lowest BCUT2D eigenvalue weighted by molar-refractivity contribution is -0.691. The fourth-order valence-corrected chi connectivity index (χ4v) is 9.38. The Morgan fingerprint density at radius 3 is 0.949 bits per heavy atom. The zero-order valence-electron chi connectivity index (χ0n) is 41.3. The van der Waals surface area contributed by atoms with Crippen LogP contribution in [0.25, 0.3) is 0 Å². The topological polar surface area (TPSA) is 33.8 Å². The van der Waals surface area contributed by atoms with Crippen LogP contribution in [-0.4, -0.2) is 16.9 Å². The van der Waals surface area contributed by atoms with Gasteiger partial charge in [0.1, 0.15) is 52.7 Å². The summed E-state index contributed by atoms with van der Waals surface area (Å²) in [4.78, 5) is 16.8. The molecule has 5 aromatic carbocycles. The molecule has 0 spiro atoms. The largest absolute Gasteiger partial charge is 0.287 e. The van der Waals surface area contributed by atoms with Crippen molar-refractivity contribution >= 4 is 33.8 Å². The van der Waals surface area contributed by atoms with E-state index in [1.54, 1.807) is 6.20 Å². The first-order chi connectivity index (χ1) is 37.0. The molecule has 0 aliphatic rings. The molecule has 0 saturated heterocycles. The van der Waals surface area contributed by atoms with Gasteiger partial charge < -0.3 is 0 Å². The molecule has 6 aromatic rings. The minimum Gasteiger partial charge on any atom is -0.287 e. The number of unbranched alkanes of at least 4 members (excludes halogenated alkanes) is 15. The Bertz CT molecular complexity index is 2700. The number of benzene rings is 5. The summed E-state index contributed by atoms with van der Waals surface area (Å²) < 4.78 is 296. The van der Waals surface area contributed by atoms with Crippen molar-refractivity contribution in [3.05, 3.63) is 177 Å². The predicted molar refractivity (Wildman–Crippen MR) is 248 cm³/mol. The third-order valence-electron chi connectivity index (χ3n) is 13.3. The number of rotatable bonds is 24. The summed E-state index contributed by atoms with van der Waals surface area (Å²) in [5.74, 6) is -71.3. The van der Waals surface area contributed by atoms with Crippen molar-refractivity contribution in [3.63, 3.8) is 0 Å². The number of aromatic nitrogens is 2. The van der Waals surface area contributed by atoms with E-state index >= 15 is 35.1 Å². The minimum absolute atomic E-state index is 0.153. The van der Waals surface area contributed by atoms with Crippen molar-refractivity contribution in [3.8, 4) is 0 Å². The van der Waals surface area contributed by atoms with Crippen LogP contribution in [0.15, 0.2) is 48.9 Å². The summed E-state index contributed by atoms with van der Waals surface area (Å²) >= 11 is 0. The molecule has 1 aromatic heterocycles. The van der Waals surface area contributed by atoms with E-state index in [-0.39, 0.29) is 5.78 Å². The summed E-state index contributed by atoms with van der Waals surface area (Å²) in [5, 5.41) is 0. The number of nitrogens with zero attached hydrogens (tertiary/aromatic N) is 2. The zero-order valence-corrected chi connectivity index (χ0v) is 41.3. The highest BCUT2D eigenvalue weighted by Crippen LogP contribution is 2.31. The smallest absolute Gasteiger partial charge is 0.227 e. The van der Waals surface area contributed by atoms with Gasteiger partial charge in [-0.15, -0.1) is 21.9 Å². The molecule has 0 fully saturated rings. The molecule has 0 aliphatic carbocycles. The highest BCUT2D eigenvalue weighted by molar-refractivity contribution is 7.20. The average molecular weight is 1130 g/mol. The van der Waals surface area contributed by atoms with Crippen molar-refractivity contribution in [2.75, 3.05) is 0 Å². The standard InChI is InChI=1S/C30H47N2O.C24BF20/c1-2-3-4-5-6-7-8-9-10-11-12-13-14-15-16-20-23-29-26-31-24-25-32(29)27-30(33)28-21-18-17-19-22-28;26-5-1(6(27)14(35)21(42)13(5)34)25(2-7(28)15(36)22(43)16(37)8(2)29,3-9(30)17(38)23(44)18(39)10(3)31)4-11(32)19(40)24(45)20(41)12(4)33/h17-19,21-22,24-26H,2-16,20,23,27H2,1H3;/q+1;-1. The van der Waals surface area contributed by atoms with Crippen LogP contribution in [0.2, 0.25) is 0 Å². The van der Waals surface area contributed by atoms with E-state index < -0.39 is 144 Å². The van der Waals surface area contributed by atoms with E-state index in [9.17, 15) is 57.5 Å². The van der Waals surface area contributed by atoms with Crippen LogP contribution in [0.4, 0.5) is 87.8 Å². The molecule has 6 rings (SSSR count). The molecular formula is C54H47BF20N2O. The Kier molecular flexibility index (Phi) is 22.3. The van der Waals surface area contributed by atoms with Gasteiger partial charge in [-0.2, -0.15) is 4.57 Å². The molecule has 1 heterocycles. The maximum atomic E-state index is 15.4. The van der Waals surface area contributed by atoms with Gasteiger partial charge in [0.25, 0.3) is 0 Å². The van der Waals surface area contributed by atoms with Crippen LogP contribution in [0, 0.1) is 116 Å². The van der Waals surface area contributed by atoms with E-state index in [1.807, 2.05) is 42.7 Å². The molecule has 0 N–H and O–H groups in total. The molecule has 3 nitrogen and oxygen atoms in total. The van der Waals surface area contributed by atoms with E-state index in [1.165, 1.54) is 103 Å². The Labute approximate surface area is 434 Å². The van der Waals surface area contributed by atoms with E-state index in [2.05, 4.69) is 16.5 Å². The second kappa shape index (κ2) is 27.9. The zero-order chi connectivity index (χ0) is 57.8. The normalized spacial score (nSPS) is 11.6. The van der Waals surface area contributed by atoms with Gasteiger partial charge in [0.2, 0.25) is 12.3 Å². The molecule has 422 valence electrons. The number of halogens is 20. The van der Waals surface area contributed by atoms with Crippen LogP contribution in [0.5, 0.6) is 0 Å². The Hall–Kier alpha value is -6.49. The van der Waals surface area contributed by atoms with Crippen LogP contribution < -0.4 is 26.4 Å². The van der Waals surface area contributed by atoms with Crippen molar-refractivity contribution in [2.45, 2.75) is 123 Å². The predicted octanol–water partition coefficient (Wildman–Crippen LogP) is 13.9. The molecule has 24 heteroatoms. The molecule has 0 saturated carbocycles. The fraction of sp³-hybridized carbons (Fsp3) is 0.352. The van der Waals surface area contributed by atoms with Gasteiger partial charge in [0.15, 0.2) is 81.7 Å². The first-order valence-electron chi connectivity index (χ1n) is 24.6. The summed E-state index contributed by atoms with van der Waals surface area (Å²) in [7, 11) is 0. The number of hydrogen-bond donors (Lipinski definition) is 0. The fourth-order valence-electron chi connectivity index (χ4n) is 9.38. The lowest BCUT2D eigenvalue weighted by Gasteiger charge is -2.44. The Morgan fingerprint density at radius 2 is 0.654 bits per heavy atom. The number of hydrogen-bond acceptors (Lipinski definition) is 2. The van der Waals surface area contributed by atoms with Crippen molar-refractivity contribution in [2.24, 2.45) is 0 Å². The monoisotopic (exact) mass is 1130 g/mol. The first kappa shape index (κ1) is 62.4. The third-order valence-corrected chi connectivity index (χ3v) is 13.3. The second-order valence-electron chi connectivity index (χ2n) is 18.3. The Morgan fingerprint density at radius 1 is 0.385 bits per heavy atom. The van der Waals surface area contributed by atoms with Gasteiger partial charge in [0, 0.05) is 12.0 Å². The molecule has 0 radical (unpaired) electrons. The number of ketones is 1. The van der Waals surface area contributed by atoms with Gasteiger partial charge in [-0.25, -0.2) is 87.8 Å². The van der Waals surface area contributed by atoms with Gasteiger partial charge in [-0.1, -0.05) is 134 Å². The quantitative estimate of drug-likeness (QED) is 0.0115. The average Bonchev–Trinajstić information content (AvgIpc) is 3.37. The van der Waals surface area contributed by atoms with Crippen LogP contribution in [0.1, 0.15) is 126 Å². The van der Waals surface area contributed by atoms with E-state index in [4.69, 9.17) is 0 Å². The number of carbonyl (C=O) groups excluding carboxylic acids is 1.